The van der Waals surface area contributed by atoms with E-state index < -0.39 is 0 Å². The van der Waals surface area contributed by atoms with Gasteiger partial charge in [-0.2, -0.15) is 0 Å². The van der Waals surface area contributed by atoms with Crippen LogP contribution in [0.5, 0.6) is 0 Å². The lowest BCUT2D eigenvalue weighted by Crippen LogP contribution is -2.23. The van der Waals surface area contributed by atoms with Crippen molar-refractivity contribution in [3.63, 3.8) is 0 Å². The van der Waals surface area contributed by atoms with Crippen molar-refractivity contribution in [2.45, 2.75) is 13.3 Å². The molecule has 5 nitrogen and oxygen atoms in total. The smallest absolute Gasteiger partial charge is 0.139 e. The Morgan fingerprint density at radius 3 is 3.04 bits per heavy atom. The van der Waals surface area contributed by atoms with Gasteiger partial charge in [-0.1, -0.05) is 17.7 Å². The molecule has 1 aliphatic rings. The molecule has 0 bridgehead atoms. The van der Waals surface area contributed by atoms with Gasteiger partial charge < -0.3 is 10.2 Å². The van der Waals surface area contributed by atoms with E-state index >= 15 is 0 Å². The molecule has 1 atom stereocenters. The summed E-state index contributed by atoms with van der Waals surface area (Å²) in [6, 6.07) is 11.9. The number of nitrogens with zero attached hydrogens (tertiary/aromatic N) is 4. The molecule has 1 aromatic carbocycles. The van der Waals surface area contributed by atoms with Crippen molar-refractivity contribution in [2.75, 3.05) is 29.9 Å². The predicted octanol–water partition coefficient (Wildman–Crippen LogP) is 3.93. The van der Waals surface area contributed by atoms with Gasteiger partial charge in [0.05, 0.1) is 5.52 Å². The lowest BCUT2D eigenvalue weighted by Gasteiger charge is -2.19. The molecule has 0 radical (unpaired) electrons. The first-order valence-corrected chi connectivity index (χ1v) is 8.89. The van der Waals surface area contributed by atoms with E-state index in [1.807, 2.05) is 43.3 Å². The molecule has 128 valence electrons. The lowest BCUT2D eigenvalue weighted by atomic mass is 10.1. The molecule has 1 saturated heterocycles. The Bertz CT molecular complexity index is 898. The number of fused-ring (bicyclic) bond motifs is 1. The number of benzene rings is 1. The largest absolute Gasteiger partial charge is 0.370 e. The molecule has 25 heavy (non-hydrogen) atoms. The number of hydrogen-bond acceptors (Lipinski definition) is 5. The van der Waals surface area contributed by atoms with Gasteiger partial charge in [0.25, 0.3) is 0 Å². The summed E-state index contributed by atoms with van der Waals surface area (Å²) in [6.45, 7) is 4.91. The van der Waals surface area contributed by atoms with Crippen LogP contribution in [0.15, 0.2) is 42.7 Å². The third-order valence-electron chi connectivity index (χ3n) is 4.62. The van der Waals surface area contributed by atoms with Crippen LogP contribution >= 0.6 is 11.6 Å². The van der Waals surface area contributed by atoms with Gasteiger partial charge in [0.2, 0.25) is 0 Å². The van der Waals surface area contributed by atoms with Crippen LogP contribution in [0.2, 0.25) is 5.02 Å². The summed E-state index contributed by atoms with van der Waals surface area (Å²) in [7, 11) is 0. The summed E-state index contributed by atoms with van der Waals surface area (Å²) >= 11 is 6.08. The molecular weight excluding hydrogens is 334 g/mol. The van der Waals surface area contributed by atoms with Crippen LogP contribution in [0.3, 0.4) is 0 Å². The lowest BCUT2D eigenvalue weighted by molar-refractivity contribution is 0.621. The number of aryl methyl sites for hydroxylation is 1. The van der Waals surface area contributed by atoms with Crippen molar-refractivity contribution in [3.05, 3.63) is 53.4 Å². The minimum atomic E-state index is 0.569. The quantitative estimate of drug-likeness (QED) is 0.770. The minimum Gasteiger partial charge on any atom is -0.370 e. The van der Waals surface area contributed by atoms with Gasteiger partial charge in [-0.3, -0.25) is 0 Å². The second-order valence-electron chi connectivity index (χ2n) is 6.50. The van der Waals surface area contributed by atoms with Crippen LogP contribution in [0.1, 0.15) is 12.1 Å². The second kappa shape index (κ2) is 6.84. The van der Waals surface area contributed by atoms with Gasteiger partial charge in [-0.15, -0.1) is 0 Å². The van der Waals surface area contributed by atoms with Gasteiger partial charge in [-0.05, 0) is 49.6 Å². The summed E-state index contributed by atoms with van der Waals surface area (Å²) < 4.78 is 0. The van der Waals surface area contributed by atoms with E-state index in [0.717, 1.165) is 54.3 Å². The average molecular weight is 354 g/mol. The van der Waals surface area contributed by atoms with Gasteiger partial charge in [0, 0.05) is 35.7 Å². The van der Waals surface area contributed by atoms with Crippen LogP contribution in [0.4, 0.5) is 11.6 Å². The van der Waals surface area contributed by atoms with Crippen molar-refractivity contribution in [1.29, 1.82) is 0 Å². The van der Waals surface area contributed by atoms with Crippen LogP contribution in [-0.4, -0.2) is 34.6 Å². The van der Waals surface area contributed by atoms with E-state index in [2.05, 4.69) is 25.2 Å². The van der Waals surface area contributed by atoms with Crippen molar-refractivity contribution in [2.24, 2.45) is 5.92 Å². The highest BCUT2D eigenvalue weighted by Gasteiger charge is 2.24. The summed E-state index contributed by atoms with van der Waals surface area (Å²) in [5.41, 5.74) is 1.92. The van der Waals surface area contributed by atoms with Gasteiger partial charge >= 0.3 is 0 Å². The van der Waals surface area contributed by atoms with Gasteiger partial charge in [0.15, 0.2) is 0 Å². The van der Waals surface area contributed by atoms with Gasteiger partial charge in [0.1, 0.15) is 18.0 Å². The number of hydrogen-bond donors (Lipinski definition) is 1. The fourth-order valence-electron chi connectivity index (χ4n) is 3.35. The number of halogens is 1. The molecule has 1 aliphatic heterocycles. The van der Waals surface area contributed by atoms with Crippen molar-refractivity contribution < 1.29 is 0 Å². The number of anilines is 2. The van der Waals surface area contributed by atoms with Gasteiger partial charge in [-0.25, -0.2) is 15.0 Å². The Labute approximate surface area is 152 Å². The molecule has 0 saturated carbocycles. The van der Waals surface area contributed by atoms with Crippen LogP contribution in [0, 0.1) is 12.8 Å². The predicted molar refractivity (Wildman–Crippen MR) is 102 cm³/mol. The van der Waals surface area contributed by atoms with E-state index in [4.69, 9.17) is 11.6 Å². The molecule has 1 N–H and O–H groups in total. The van der Waals surface area contributed by atoms with E-state index in [1.165, 1.54) is 0 Å². The molecule has 2 aromatic heterocycles. The van der Waals surface area contributed by atoms with E-state index in [-0.39, 0.29) is 0 Å². The molecule has 0 spiro atoms. The standard InChI is InChI=1S/C19H20ClN5/c1-13-3-2-4-18(24-13)21-10-14-7-8-25(11-14)19-16-6-5-15(20)9-17(16)22-12-23-19/h2-6,9,12,14H,7-8,10-11H2,1H3,(H,21,24). The normalized spacial score (nSPS) is 17.2. The Balaban J connectivity index is 1.46. The number of aromatic nitrogens is 3. The first kappa shape index (κ1) is 16.1. The highest BCUT2D eigenvalue weighted by atomic mass is 35.5. The summed E-state index contributed by atoms with van der Waals surface area (Å²) in [5.74, 6) is 2.51. The monoisotopic (exact) mass is 353 g/mol. The molecule has 3 aromatic rings. The molecule has 0 aliphatic carbocycles. The number of nitrogens with one attached hydrogen (secondary N) is 1. The molecule has 4 rings (SSSR count). The molecule has 0 amide bonds. The number of rotatable bonds is 4. The van der Waals surface area contributed by atoms with Crippen LogP contribution < -0.4 is 10.2 Å². The maximum Gasteiger partial charge on any atom is 0.139 e. The maximum absolute atomic E-state index is 6.08. The molecule has 1 fully saturated rings. The second-order valence-corrected chi connectivity index (χ2v) is 6.94. The Kier molecular flexibility index (Phi) is 4.40. The zero-order valence-electron chi connectivity index (χ0n) is 14.1. The van der Waals surface area contributed by atoms with E-state index in [9.17, 15) is 0 Å². The van der Waals surface area contributed by atoms with Crippen molar-refractivity contribution >= 4 is 34.1 Å². The van der Waals surface area contributed by atoms with Crippen molar-refractivity contribution in [3.8, 4) is 0 Å². The fraction of sp³-hybridized carbons (Fsp3) is 0.316. The number of pyridine rings is 1. The van der Waals surface area contributed by atoms with Crippen LogP contribution in [0.25, 0.3) is 10.9 Å². The summed E-state index contributed by atoms with van der Waals surface area (Å²) in [6.07, 6.45) is 2.76. The highest BCUT2D eigenvalue weighted by Crippen LogP contribution is 2.29. The SMILES string of the molecule is Cc1cccc(NCC2CCN(c3ncnc4cc(Cl)ccc34)C2)n1. The maximum atomic E-state index is 6.08. The summed E-state index contributed by atoms with van der Waals surface area (Å²) in [5, 5.41) is 5.21. The summed E-state index contributed by atoms with van der Waals surface area (Å²) in [4.78, 5) is 15.7. The molecule has 1 unspecified atom stereocenters. The molecule has 6 heteroatoms. The average Bonchev–Trinajstić information content (AvgIpc) is 3.08. The minimum absolute atomic E-state index is 0.569. The van der Waals surface area contributed by atoms with Crippen LogP contribution in [-0.2, 0) is 0 Å². The fourth-order valence-corrected chi connectivity index (χ4v) is 3.52. The zero-order valence-corrected chi connectivity index (χ0v) is 14.9. The Morgan fingerprint density at radius 2 is 2.16 bits per heavy atom. The van der Waals surface area contributed by atoms with E-state index in [1.54, 1.807) is 6.33 Å². The Hall–Kier alpha value is -2.40. The topological polar surface area (TPSA) is 53.9 Å². The third kappa shape index (κ3) is 3.51. The third-order valence-corrected chi connectivity index (χ3v) is 4.86. The molecular formula is C19H20ClN5. The Morgan fingerprint density at radius 1 is 1.24 bits per heavy atom. The highest BCUT2D eigenvalue weighted by molar-refractivity contribution is 6.31. The molecule has 3 heterocycles. The van der Waals surface area contributed by atoms with E-state index in [0.29, 0.717) is 10.9 Å². The first-order chi connectivity index (χ1) is 12.2. The zero-order chi connectivity index (χ0) is 17.2. The first-order valence-electron chi connectivity index (χ1n) is 8.52. The van der Waals surface area contributed by atoms with Crippen molar-refractivity contribution in [1.82, 2.24) is 15.0 Å².